The molecule has 4 heterocycles. The van der Waals surface area contributed by atoms with E-state index in [0.717, 1.165) is 71.4 Å². The maximum Gasteiger partial charge on any atom is 0.407 e. The zero-order valence-electron chi connectivity index (χ0n) is 26.7. The number of carbonyl (C=O) groups is 2. The Kier molecular flexibility index (Phi) is 9.04. The second kappa shape index (κ2) is 13.5. The Morgan fingerprint density at radius 2 is 1.57 bits per heavy atom. The summed E-state index contributed by atoms with van der Waals surface area (Å²) in [5, 5.41) is 6.04. The zero-order chi connectivity index (χ0) is 32.2. The fourth-order valence-electron chi connectivity index (χ4n) is 6.00. The molecule has 0 bridgehead atoms. The Morgan fingerprint density at radius 1 is 0.935 bits per heavy atom. The molecule has 240 valence electrons. The minimum absolute atomic E-state index is 0.0830. The van der Waals surface area contributed by atoms with E-state index < -0.39 is 6.09 Å². The van der Waals surface area contributed by atoms with Gasteiger partial charge < -0.3 is 35.1 Å². The van der Waals surface area contributed by atoms with E-state index in [4.69, 9.17) is 4.98 Å². The fraction of sp³-hybridized carbons (Fsp3) is 0.382. The number of benzene rings is 2. The van der Waals surface area contributed by atoms with Gasteiger partial charge in [-0.05, 0) is 41.0 Å². The SMILES string of the molecule is COC(=O)NCc1ncc(-c2ccc(-c3ccc(-c4cnc(C5CCCN5C(=O)C(NC5=NCCN5C)C(C)C)[nH]4)cc3)cc2)[nH]1. The van der Waals surface area contributed by atoms with Crippen molar-refractivity contribution < 1.29 is 14.3 Å². The largest absolute Gasteiger partial charge is 0.453 e. The summed E-state index contributed by atoms with van der Waals surface area (Å²) in [7, 11) is 3.33. The number of nitrogens with one attached hydrogen (secondary N) is 4. The van der Waals surface area contributed by atoms with Crippen LogP contribution in [0.3, 0.4) is 0 Å². The molecule has 2 unspecified atom stereocenters. The maximum absolute atomic E-state index is 13.8. The van der Waals surface area contributed by atoms with Crippen LogP contribution in [0.2, 0.25) is 0 Å². The molecule has 12 nitrogen and oxygen atoms in total. The second-order valence-electron chi connectivity index (χ2n) is 12.1. The van der Waals surface area contributed by atoms with Crippen molar-refractivity contribution in [2.75, 3.05) is 33.8 Å². The summed E-state index contributed by atoms with van der Waals surface area (Å²) >= 11 is 0. The number of nitrogens with zero attached hydrogens (tertiary/aromatic N) is 5. The summed E-state index contributed by atoms with van der Waals surface area (Å²) in [6.07, 6.45) is 4.94. The first-order valence-electron chi connectivity index (χ1n) is 15.7. The highest BCUT2D eigenvalue weighted by Gasteiger charge is 2.37. The molecule has 2 aliphatic heterocycles. The number of aromatic nitrogens is 4. The molecule has 2 amide bonds. The quantitative estimate of drug-likeness (QED) is 0.214. The van der Waals surface area contributed by atoms with E-state index in [1.54, 1.807) is 6.20 Å². The maximum atomic E-state index is 13.8. The normalized spacial score (nSPS) is 16.9. The summed E-state index contributed by atoms with van der Waals surface area (Å²) < 4.78 is 4.60. The van der Waals surface area contributed by atoms with Crippen LogP contribution in [0.5, 0.6) is 0 Å². The van der Waals surface area contributed by atoms with Gasteiger partial charge in [-0.25, -0.2) is 14.8 Å². The molecule has 2 aromatic carbocycles. The van der Waals surface area contributed by atoms with Crippen molar-refractivity contribution in [2.45, 2.75) is 45.3 Å². The molecule has 2 atom stereocenters. The Morgan fingerprint density at radius 3 is 2.17 bits per heavy atom. The average Bonchev–Trinajstić information content (AvgIpc) is 3.90. The van der Waals surface area contributed by atoms with E-state index >= 15 is 0 Å². The lowest BCUT2D eigenvalue weighted by atomic mass is 10.0. The minimum Gasteiger partial charge on any atom is -0.453 e. The first kappa shape index (κ1) is 30.9. The summed E-state index contributed by atoms with van der Waals surface area (Å²) in [5.41, 5.74) is 6.01. The van der Waals surface area contributed by atoms with Crippen molar-refractivity contribution in [3.63, 3.8) is 0 Å². The van der Waals surface area contributed by atoms with Gasteiger partial charge in [0.25, 0.3) is 0 Å². The lowest BCUT2D eigenvalue weighted by molar-refractivity contribution is -0.135. The van der Waals surface area contributed by atoms with Crippen LogP contribution < -0.4 is 10.6 Å². The highest BCUT2D eigenvalue weighted by molar-refractivity contribution is 5.90. The van der Waals surface area contributed by atoms with Gasteiger partial charge in [0.15, 0.2) is 5.96 Å². The van der Waals surface area contributed by atoms with Crippen molar-refractivity contribution in [2.24, 2.45) is 10.9 Å². The first-order valence-corrected chi connectivity index (χ1v) is 15.7. The number of aromatic amines is 2. The van der Waals surface area contributed by atoms with E-state index in [1.807, 2.05) is 30.3 Å². The molecule has 6 rings (SSSR count). The molecule has 0 saturated carbocycles. The summed E-state index contributed by atoms with van der Waals surface area (Å²) in [6, 6.07) is 16.2. The standard InChI is InChI=1S/C34H41N9O3/c1-21(2)30(41-33-35-15-17-42(33)3)32(44)43-16-5-6-28(43)31-37-19-27(40-31)25-13-9-23(10-14-25)22-7-11-24(12-8-22)26-18-36-29(39-26)20-38-34(45)46-4/h7-14,18-19,21,28,30H,5-6,15-17,20H2,1-4H3,(H,35,41)(H,36,39)(H,37,40)(H,38,45). The van der Waals surface area contributed by atoms with Gasteiger partial charge in [-0.15, -0.1) is 0 Å². The summed E-state index contributed by atoms with van der Waals surface area (Å²) in [6.45, 7) is 6.73. The Labute approximate surface area is 268 Å². The fourth-order valence-corrected chi connectivity index (χ4v) is 6.00. The minimum atomic E-state index is -0.499. The van der Waals surface area contributed by atoms with Crippen molar-refractivity contribution in [3.8, 4) is 33.6 Å². The Hall–Kier alpha value is -5.13. The number of hydrogen-bond acceptors (Lipinski definition) is 8. The van der Waals surface area contributed by atoms with E-state index in [9.17, 15) is 9.59 Å². The molecule has 2 aromatic heterocycles. The number of methoxy groups -OCH3 is 1. The third-order valence-corrected chi connectivity index (χ3v) is 8.66. The van der Waals surface area contributed by atoms with Crippen molar-refractivity contribution in [1.82, 2.24) is 40.4 Å². The number of amides is 2. The number of likely N-dealkylation sites (N-methyl/N-ethyl adjacent to an activating group) is 1. The lowest BCUT2D eigenvalue weighted by Gasteiger charge is -2.31. The van der Waals surface area contributed by atoms with Crippen LogP contribution in [-0.4, -0.2) is 87.5 Å². The van der Waals surface area contributed by atoms with Gasteiger partial charge in [0.05, 0.1) is 50.0 Å². The molecule has 4 N–H and O–H groups in total. The van der Waals surface area contributed by atoms with E-state index in [2.05, 4.69) is 90.5 Å². The molecule has 46 heavy (non-hydrogen) atoms. The molecule has 0 radical (unpaired) electrons. The predicted molar refractivity (Wildman–Crippen MR) is 177 cm³/mol. The number of aliphatic imine (C=N–C) groups is 1. The van der Waals surface area contributed by atoms with Crippen LogP contribution in [0.15, 0.2) is 65.9 Å². The van der Waals surface area contributed by atoms with Crippen LogP contribution >= 0.6 is 0 Å². The molecule has 12 heteroatoms. The zero-order valence-corrected chi connectivity index (χ0v) is 26.7. The molecular weight excluding hydrogens is 582 g/mol. The van der Waals surface area contributed by atoms with Crippen LogP contribution in [0.25, 0.3) is 33.6 Å². The van der Waals surface area contributed by atoms with Crippen LogP contribution in [0.1, 0.15) is 44.4 Å². The molecule has 1 saturated heterocycles. The number of alkyl carbamates (subject to hydrolysis) is 1. The van der Waals surface area contributed by atoms with E-state index in [0.29, 0.717) is 12.4 Å². The second-order valence-corrected chi connectivity index (χ2v) is 12.1. The van der Waals surface area contributed by atoms with Gasteiger partial charge in [0.2, 0.25) is 5.91 Å². The number of hydrogen-bond donors (Lipinski definition) is 4. The monoisotopic (exact) mass is 623 g/mol. The number of guanidine groups is 1. The van der Waals surface area contributed by atoms with Crippen LogP contribution in [0, 0.1) is 5.92 Å². The smallest absolute Gasteiger partial charge is 0.407 e. The van der Waals surface area contributed by atoms with Crippen LogP contribution in [0.4, 0.5) is 4.79 Å². The molecule has 2 aliphatic rings. The number of rotatable bonds is 9. The van der Waals surface area contributed by atoms with Gasteiger partial charge in [0, 0.05) is 20.1 Å². The third kappa shape index (κ3) is 6.60. The summed E-state index contributed by atoms with van der Waals surface area (Å²) in [4.78, 5) is 49.5. The topological polar surface area (TPSA) is 144 Å². The van der Waals surface area contributed by atoms with Gasteiger partial charge in [-0.1, -0.05) is 62.4 Å². The van der Waals surface area contributed by atoms with Crippen LogP contribution in [-0.2, 0) is 16.1 Å². The van der Waals surface area contributed by atoms with Gasteiger partial charge in [0.1, 0.15) is 17.7 Å². The Bertz CT molecular complexity index is 1690. The third-order valence-electron chi connectivity index (χ3n) is 8.66. The lowest BCUT2D eigenvalue weighted by Crippen LogP contribution is -2.53. The van der Waals surface area contributed by atoms with Crippen molar-refractivity contribution in [3.05, 3.63) is 72.6 Å². The van der Waals surface area contributed by atoms with Crippen molar-refractivity contribution in [1.29, 1.82) is 0 Å². The van der Waals surface area contributed by atoms with Crippen molar-refractivity contribution >= 4 is 18.0 Å². The molecule has 0 aliphatic carbocycles. The molecular formula is C34H41N9O3. The molecule has 1 fully saturated rings. The van der Waals surface area contributed by atoms with Gasteiger partial charge in [-0.3, -0.25) is 9.79 Å². The number of carbonyl (C=O) groups excluding carboxylic acids is 2. The van der Waals surface area contributed by atoms with E-state index in [1.165, 1.54) is 7.11 Å². The number of ether oxygens (including phenoxy) is 1. The Balaban J connectivity index is 1.11. The molecule has 0 spiro atoms. The molecule has 4 aromatic rings. The number of H-pyrrole nitrogens is 2. The highest BCUT2D eigenvalue weighted by atomic mass is 16.5. The van der Waals surface area contributed by atoms with Gasteiger partial charge in [-0.2, -0.15) is 0 Å². The highest BCUT2D eigenvalue weighted by Crippen LogP contribution is 2.33. The number of imidazole rings is 2. The predicted octanol–water partition coefficient (Wildman–Crippen LogP) is 4.57. The van der Waals surface area contributed by atoms with E-state index in [-0.39, 0.29) is 30.5 Å². The first-order chi connectivity index (χ1) is 22.3. The average molecular weight is 624 g/mol. The number of likely N-dealkylation sites (tertiary alicyclic amines) is 1. The van der Waals surface area contributed by atoms with Gasteiger partial charge >= 0.3 is 6.09 Å². The summed E-state index contributed by atoms with van der Waals surface area (Å²) in [5.74, 6) is 2.47.